The number of anilines is 1. The molecule has 3 aromatic rings. The summed E-state index contributed by atoms with van der Waals surface area (Å²) in [6.45, 7) is 3.80. The predicted molar refractivity (Wildman–Crippen MR) is 88.6 cm³/mol. The van der Waals surface area contributed by atoms with E-state index in [4.69, 9.17) is 0 Å². The Morgan fingerprint density at radius 1 is 1.30 bits per heavy atom. The van der Waals surface area contributed by atoms with Gasteiger partial charge < -0.3 is 5.32 Å². The van der Waals surface area contributed by atoms with Gasteiger partial charge >= 0.3 is 0 Å². The maximum atomic E-state index is 12.3. The van der Waals surface area contributed by atoms with E-state index < -0.39 is 0 Å². The third kappa shape index (κ3) is 3.16. The van der Waals surface area contributed by atoms with E-state index in [1.807, 2.05) is 26.2 Å². The van der Waals surface area contributed by atoms with Gasteiger partial charge in [0.25, 0.3) is 5.78 Å². The van der Waals surface area contributed by atoms with Crippen molar-refractivity contribution in [3.8, 4) is 0 Å². The van der Waals surface area contributed by atoms with E-state index in [0.717, 1.165) is 17.0 Å². The van der Waals surface area contributed by atoms with E-state index in [0.29, 0.717) is 16.8 Å². The molecule has 0 spiro atoms. The molecule has 23 heavy (non-hydrogen) atoms. The molecule has 0 unspecified atom stereocenters. The van der Waals surface area contributed by atoms with E-state index in [2.05, 4.69) is 25.4 Å². The van der Waals surface area contributed by atoms with Gasteiger partial charge in [-0.15, -0.1) is 5.10 Å². The number of nitrogens with one attached hydrogen (secondary N) is 1. The van der Waals surface area contributed by atoms with Crippen molar-refractivity contribution in [3.63, 3.8) is 0 Å². The Hall–Kier alpha value is -2.48. The van der Waals surface area contributed by atoms with Crippen molar-refractivity contribution in [2.24, 2.45) is 0 Å². The van der Waals surface area contributed by atoms with Crippen LogP contribution < -0.4 is 5.32 Å². The smallest absolute Gasteiger partial charge is 0.253 e. The minimum Gasteiger partial charge on any atom is -0.310 e. The summed E-state index contributed by atoms with van der Waals surface area (Å²) in [6.07, 6.45) is 3.77. The van der Waals surface area contributed by atoms with Crippen molar-refractivity contribution < 1.29 is 4.79 Å². The molecule has 0 radical (unpaired) electrons. The molecule has 0 bridgehead atoms. The highest BCUT2D eigenvalue weighted by molar-refractivity contribution is 7.98. The number of amides is 1. The fraction of sp³-hybridized carbons (Fsp3) is 0.267. The summed E-state index contributed by atoms with van der Waals surface area (Å²) in [6, 6.07) is 5.38. The van der Waals surface area contributed by atoms with Gasteiger partial charge in [-0.3, -0.25) is 4.79 Å². The molecule has 1 N–H and O–H groups in total. The van der Waals surface area contributed by atoms with Gasteiger partial charge in [0, 0.05) is 23.1 Å². The minimum atomic E-state index is -0.138. The molecule has 0 fully saturated rings. The quantitative estimate of drug-likeness (QED) is 0.738. The van der Waals surface area contributed by atoms with Crippen LogP contribution in [0.3, 0.4) is 0 Å². The van der Waals surface area contributed by atoms with Crippen LogP contribution in [0.5, 0.6) is 0 Å². The van der Waals surface area contributed by atoms with Gasteiger partial charge in [-0.1, -0.05) is 17.8 Å². The number of aromatic nitrogens is 5. The normalized spacial score (nSPS) is 10.9. The molecule has 0 aliphatic carbocycles. The summed E-state index contributed by atoms with van der Waals surface area (Å²) < 4.78 is 1.68. The number of thioether (sulfide) groups is 1. The Morgan fingerprint density at radius 2 is 2.13 bits per heavy atom. The van der Waals surface area contributed by atoms with Gasteiger partial charge in [0.2, 0.25) is 11.1 Å². The zero-order chi connectivity index (χ0) is 16.4. The lowest BCUT2D eigenvalue weighted by Crippen LogP contribution is -2.18. The first kappa shape index (κ1) is 15.4. The minimum absolute atomic E-state index is 0.138. The molecule has 0 atom stereocenters. The molecule has 3 aromatic heterocycles. The van der Waals surface area contributed by atoms with E-state index >= 15 is 0 Å². The van der Waals surface area contributed by atoms with Crippen LogP contribution in [0.15, 0.2) is 29.6 Å². The monoisotopic (exact) mass is 328 g/mol. The number of carbonyl (C=O) groups excluding carboxylic acids is 1. The Labute approximate surface area is 137 Å². The standard InChI is InChI=1S/C15H16N6OS/c1-9-11(8-13(22)18-12-6-4-5-7-16-12)10(2)21-14(17-9)19-15(20-21)23-3/h4-7H,8H2,1-3H3,(H,16,18,22). The highest BCUT2D eigenvalue weighted by Crippen LogP contribution is 2.17. The largest absolute Gasteiger partial charge is 0.310 e. The van der Waals surface area contributed by atoms with Gasteiger partial charge in [-0.25, -0.2) is 14.5 Å². The average molecular weight is 328 g/mol. The molecule has 0 aromatic carbocycles. The van der Waals surface area contributed by atoms with Crippen molar-refractivity contribution in [1.82, 2.24) is 24.6 Å². The number of fused-ring (bicyclic) bond motifs is 1. The molecule has 0 saturated heterocycles. The van der Waals surface area contributed by atoms with Gasteiger partial charge in [-0.2, -0.15) is 4.98 Å². The molecule has 1 amide bonds. The lowest BCUT2D eigenvalue weighted by molar-refractivity contribution is -0.115. The molecule has 3 heterocycles. The highest BCUT2D eigenvalue weighted by atomic mass is 32.2. The second kappa shape index (κ2) is 6.33. The van der Waals surface area contributed by atoms with E-state index in [9.17, 15) is 4.79 Å². The Balaban J connectivity index is 1.88. The van der Waals surface area contributed by atoms with Crippen LogP contribution in [-0.4, -0.2) is 36.7 Å². The number of nitrogens with zero attached hydrogens (tertiary/aromatic N) is 5. The third-order valence-corrected chi connectivity index (χ3v) is 4.02. The number of hydrogen-bond acceptors (Lipinski definition) is 6. The fourth-order valence-corrected chi connectivity index (χ4v) is 2.65. The number of carbonyl (C=O) groups is 1. The second-order valence-corrected chi connectivity index (χ2v) is 5.78. The van der Waals surface area contributed by atoms with Crippen molar-refractivity contribution in [2.75, 3.05) is 11.6 Å². The van der Waals surface area contributed by atoms with E-state index in [1.54, 1.807) is 22.8 Å². The number of hydrogen-bond donors (Lipinski definition) is 1. The van der Waals surface area contributed by atoms with Crippen LogP contribution in [-0.2, 0) is 11.2 Å². The van der Waals surface area contributed by atoms with Crippen LogP contribution in [0.4, 0.5) is 5.82 Å². The van der Waals surface area contributed by atoms with E-state index in [-0.39, 0.29) is 12.3 Å². The first-order valence-corrected chi connectivity index (χ1v) is 8.28. The molecule has 3 rings (SSSR count). The lowest BCUT2D eigenvalue weighted by atomic mass is 10.1. The molecular formula is C15H16N6OS. The fourth-order valence-electron chi connectivity index (χ4n) is 2.32. The van der Waals surface area contributed by atoms with Crippen LogP contribution in [0.1, 0.15) is 17.0 Å². The summed E-state index contributed by atoms with van der Waals surface area (Å²) in [7, 11) is 0. The topological polar surface area (TPSA) is 85.1 Å². The van der Waals surface area contributed by atoms with Gasteiger partial charge in [-0.05, 0) is 32.2 Å². The zero-order valence-electron chi connectivity index (χ0n) is 13.1. The molecule has 0 saturated carbocycles. The van der Waals surface area contributed by atoms with Crippen molar-refractivity contribution in [3.05, 3.63) is 41.3 Å². The van der Waals surface area contributed by atoms with Crippen LogP contribution in [0.25, 0.3) is 5.78 Å². The summed E-state index contributed by atoms with van der Waals surface area (Å²) in [5.41, 5.74) is 2.51. The lowest BCUT2D eigenvalue weighted by Gasteiger charge is -2.10. The Bertz CT molecular complexity index is 861. The SMILES string of the molecule is CSc1nc2nc(C)c(CC(=O)Nc3ccccn3)c(C)n2n1. The number of pyridine rings is 1. The molecule has 118 valence electrons. The predicted octanol–water partition coefficient (Wildman–Crippen LogP) is 2.04. The molecular weight excluding hydrogens is 312 g/mol. The molecule has 8 heteroatoms. The molecule has 7 nitrogen and oxygen atoms in total. The number of rotatable bonds is 4. The summed E-state index contributed by atoms with van der Waals surface area (Å²) >= 11 is 1.46. The summed E-state index contributed by atoms with van der Waals surface area (Å²) in [4.78, 5) is 25.1. The molecule has 0 aliphatic rings. The van der Waals surface area contributed by atoms with Crippen LogP contribution in [0, 0.1) is 13.8 Å². The van der Waals surface area contributed by atoms with Crippen molar-refractivity contribution in [1.29, 1.82) is 0 Å². The summed E-state index contributed by atoms with van der Waals surface area (Å²) in [5, 5.41) is 7.83. The van der Waals surface area contributed by atoms with Gasteiger partial charge in [0.05, 0.1) is 6.42 Å². The van der Waals surface area contributed by atoms with E-state index in [1.165, 1.54) is 11.8 Å². The molecule has 0 aliphatic heterocycles. The first-order chi connectivity index (χ1) is 11.1. The second-order valence-electron chi connectivity index (χ2n) is 5.01. The van der Waals surface area contributed by atoms with Crippen molar-refractivity contribution in [2.45, 2.75) is 25.4 Å². The van der Waals surface area contributed by atoms with Gasteiger partial charge in [0.1, 0.15) is 5.82 Å². The summed E-state index contributed by atoms with van der Waals surface area (Å²) in [5.74, 6) is 0.951. The Morgan fingerprint density at radius 3 is 2.83 bits per heavy atom. The first-order valence-electron chi connectivity index (χ1n) is 7.06. The highest BCUT2D eigenvalue weighted by Gasteiger charge is 2.16. The van der Waals surface area contributed by atoms with Crippen molar-refractivity contribution >= 4 is 29.3 Å². The number of aryl methyl sites for hydroxylation is 2. The third-order valence-electron chi connectivity index (χ3n) is 3.48. The van der Waals surface area contributed by atoms with Gasteiger partial charge in [0.15, 0.2) is 0 Å². The van der Waals surface area contributed by atoms with Crippen LogP contribution >= 0.6 is 11.8 Å². The average Bonchev–Trinajstić information content (AvgIpc) is 2.95. The Kier molecular flexibility index (Phi) is 4.24. The zero-order valence-corrected chi connectivity index (χ0v) is 13.9. The maximum Gasteiger partial charge on any atom is 0.253 e. The maximum absolute atomic E-state index is 12.3. The van der Waals surface area contributed by atoms with Crippen LogP contribution in [0.2, 0.25) is 0 Å².